The highest BCUT2D eigenvalue weighted by Crippen LogP contribution is 2.30. The Balaban J connectivity index is 2.75. The zero-order valence-electron chi connectivity index (χ0n) is 7.26. The first-order chi connectivity index (χ1) is 6.20. The molecule has 0 bridgehead atoms. The summed E-state index contributed by atoms with van der Waals surface area (Å²) < 4.78 is 1.09. The summed E-state index contributed by atoms with van der Waals surface area (Å²) in [4.78, 5) is 9.66. The molecule has 2 heterocycles. The molecule has 0 fully saturated rings. The Hall–Kier alpha value is -0.680. The normalized spacial score (nSPS) is 10.7. The summed E-state index contributed by atoms with van der Waals surface area (Å²) in [7, 11) is 1.82. The standard InChI is InChI=1S/C8H8BrN3S/c1-4-5-3-6(9)13-7(5)12-8(10-2)11-4/h3H,1-2H3,(H,10,11,12). The molecule has 2 aromatic rings. The molecule has 0 aliphatic rings. The number of nitrogens with one attached hydrogen (secondary N) is 1. The minimum absolute atomic E-state index is 0.680. The van der Waals surface area contributed by atoms with E-state index in [1.165, 1.54) is 0 Å². The maximum absolute atomic E-state index is 4.34. The summed E-state index contributed by atoms with van der Waals surface area (Å²) in [6, 6.07) is 2.05. The topological polar surface area (TPSA) is 37.8 Å². The van der Waals surface area contributed by atoms with Crippen LogP contribution in [0.15, 0.2) is 9.85 Å². The van der Waals surface area contributed by atoms with Gasteiger partial charge in [0.05, 0.1) is 9.48 Å². The van der Waals surface area contributed by atoms with Gasteiger partial charge in [0.25, 0.3) is 0 Å². The average Bonchev–Trinajstić information content (AvgIpc) is 2.46. The van der Waals surface area contributed by atoms with E-state index >= 15 is 0 Å². The van der Waals surface area contributed by atoms with Gasteiger partial charge in [-0.3, -0.25) is 0 Å². The van der Waals surface area contributed by atoms with Crippen LogP contribution in [0.1, 0.15) is 5.69 Å². The van der Waals surface area contributed by atoms with E-state index in [1.54, 1.807) is 11.3 Å². The minimum atomic E-state index is 0.680. The molecular weight excluding hydrogens is 250 g/mol. The molecular formula is C8H8BrN3S. The fraction of sp³-hybridized carbons (Fsp3) is 0.250. The van der Waals surface area contributed by atoms with Gasteiger partial charge >= 0.3 is 0 Å². The first-order valence-corrected chi connectivity index (χ1v) is 5.43. The van der Waals surface area contributed by atoms with E-state index in [1.807, 2.05) is 14.0 Å². The molecule has 2 rings (SSSR count). The van der Waals surface area contributed by atoms with Gasteiger partial charge in [0.15, 0.2) is 0 Å². The second-order valence-electron chi connectivity index (χ2n) is 2.65. The second-order valence-corrected chi connectivity index (χ2v) is 5.06. The number of aromatic nitrogens is 2. The highest BCUT2D eigenvalue weighted by atomic mass is 79.9. The third kappa shape index (κ3) is 1.53. The van der Waals surface area contributed by atoms with Crippen molar-refractivity contribution in [3.8, 4) is 0 Å². The molecule has 0 radical (unpaired) electrons. The predicted molar refractivity (Wildman–Crippen MR) is 59.4 cm³/mol. The van der Waals surface area contributed by atoms with Crippen molar-refractivity contribution in [2.45, 2.75) is 6.92 Å². The van der Waals surface area contributed by atoms with Gasteiger partial charge in [0, 0.05) is 12.4 Å². The molecule has 68 valence electrons. The molecule has 2 aromatic heterocycles. The van der Waals surface area contributed by atoms with E-state index in [0.29, 0.717) is 5.95 Å². The van der Waals surface area contributed by atoms with Gasteiger partial charge in [-0.05, 0) is 28.9 Å². The average molecular weight is 258 g/mol. The van der Waals surface area contributed by atoms with Gasteiger partial charge in [-0.15, -0.1) is 11.3 Å². The molecule has 0 saturated carbocycles. The van der Waals surface area contributed by atoms with E-state index in [0.717, 1.165) is 19.7 Å². The number of anilines is 1. The van der Waals surface area contributed by atoms with Crippen LogP contribution in [0.25, 0.3) is 10.2 Å². The summed E-state index contributed by atoms with van der Waals surface area (Å²) in [5.74, 6) is 0.680. The third-order valence-electron chi connectivity index (χ3n) is 1.78. The third-order valence-corrected chi connectivity index (χ3v) is 3.31. The van der Waals surface area contributed by atoms with Crippen molar-refractivity contribution in [2.24, 2.45) is 0 Å². The number of fused-ring (bicyclic) bond motifs is 1. The molecule has 3 nitrogen and oxygen atoms in total. The molecule has 0 aliphatic carbocycles. The maximum atomic E-state index is 4.34. The summed E-state index contributed by atoms with van der Waals surface area (Å²) in [6.45, 7) is 1.99. The van der Waals surface area contributed by atoms with Crippen LogP contribution in [0.4, 0.5) is 5.95 Å². The van der Waals surface area contributed by atoms with Gasteiger partial charge in [0.1, 0.15) is 4.83 Å². The van der Waals surface area contributed by atoms with Crippen molar-refractivity contribution in [2.75, 3.05) is 12.4 Å². The van der Waals surface area contributed by atoms with E-state index in [9.17, 15) is 0 Å². The largest absolute Gasteiger partial charge is 0.357 e. The lowest BCUT2D eigenvalue weighted by molar-refractivity contribution is 1.15. The lowest BCUT2D eigenvalue weighted by Crippen LogP contribution is -1.96. The Morgan fingerprint density at radius 1 is 1.46 bits per heavy atom. The lowest BCUT2D eigenvalue weighted by Gasteiger charge is -1.99. The van der Waals surface area contributed by atoms with Crippen LogP contribution in [0.2, 0.25) is 0 Å². The smallest absolute Gasteiger partial charge is 0.224 e. The Labute approximate surface area is 88.3 Å². The van der Waals surface area contributed by atoms with Crippen molar-refractivity contribution in [1.29, 1.82) is 0 Å². The van der Waals surface area contributed by atoms with E-state index < -0.39 is 0 Å². The summed E-state index contributed by atoms with van der Waals surface area (Å²) in [5, 5.41) is 4.06. The molecule has 1 N–H and O–H groups in total. The second kappa shape index (κ2) is 3.23. The lowest BCUT2D eigenvalue weighted by atomic mass is 10.3. The number of hydrogen-bond acceptors (Lipinski definition) is 4. The first kappa shape index (κ1) is 8.90. The molecule has 0 spiro atoms. The zero-order valence-corrected chi connectivity index (χ0v) is 9.66. The summed E-state index contributed by atoms with van der Waals surface area (Å²) in [5.41, 5.74) is 1.01. The van der Waals surface area contributed by atoms with Crippen molar-refractivity contribution in [3.63, 3.8) is 0 Å². The number of nitrogens with zero attached hydrogens (tertiary/aromatic N) is 2. The fourth-order valence-corrected chi connectivity index (χ4v) is 2.65. The molecule has 0 aromatic carbocycles. The van der Waals surface area contributed by atoms with E-state index in [-0.39, 0.29) is 0 Å². The maximum Gasteiger partial charge on any atom is 0.224 e. The number of aryl methyl sites for hydroxylation is 1. The van der Waals surface area contributed by atoms with Crippen molar-refractivity contribution in [3.05, 3.63) is 15.5 Å². The fourth-order valence-electron chi connectivity index (χ4n) is 1.15. The molecule has 13 heavy (non-hydrogen) atoms. The van der Waals surface area contributed by atoms with Gasteiger partial charge in [0.2, 0.25) is 5.95 Å². The van der Waals surface area contributed by atoms with Crippen molar-refractivity contribution in [1.82, 2.24) is 9.97 Å². The van der Waals surface area contributed by atoms with Crippen LogP contribution in [0.3, 0.4) is 0 Å². The molecule has 0 amide bonds. The van der Waals surface area contributed by atoms with Crippen LogP contribution in [-0.2, 0) is 0 Å². The van der Waals surface area contributed by atoms with Crippen LogP contribution >= 0.6 is 27.3 Å². The van der Waals surface area contributed by atoms with Gasteiger partial charge < -0.3 is 5.32 Å². The molecule has 0 saturated heterocycles. The number of rotatable bonds is 1. The molecule has 0 aliphatic heterocycles. The Bertz CT molecular complexity index is 452. The van der Waals surface area contributed by atoms with Crippen molar-refractivity contribution < 1.29 is 0 Å². The number of thiophene rings is 1. The Kier molecular flexibility index (Phi) is 2.21. The summed E-state index contributed by atoms with van der Waals surface area (Å²) >= 11 is 5.06. The Morgan fingerprint density at radius 3 is 2.92 bits per heavy atom. The quantitative estimate of drug-likeness (QED) is 0.854. The highest BCUT2D eigenvalue weighted by molar-refractivity contribution is 9.11. The number of halogens is 1. The van der Waals surface area contributed by atoms with Crippen LogP contribution in [-0.4, -0.2) is 17.0 Å². The first-order valence-electron chi connectivity index (χ1n) is 3.82. The van der Waals surface area contributed by atoms with Gasteiger partial charge in [-0.25, -0.2) is 9.97 Å². The minimum Gasteiger partial charge on any atom is -0.357 e. The Morgan fingerprint density at radius 2 is 2.23 bits per heavy atom. The molecule has 0 unspecified atom stereocenters. The molecule has 5 heteroatoms. The van der Waals surface area contributed by atoms with Crippen LogP contribution < -0.4 is 5.32 Å². The predicted octanol–water partition coefficient (Wildman–Crippen LogP) is 2.80. The summed E-state index contributed by atoms with van der Waals surface area (Å²) in [6.07, 6.45) is 0. The van der Waals surface area contributed by atoms with Gasteiger partial charge in [-0.1, -0.05) is 0 Å². The van der Waals surface area contributed by atoms with Crippen molar-refractivity contribution >= 4 is 43.4 Å². The van der Waals surface area contributed by atoms with Gasteiger partial charge in [-0.2, -0.15) is 0 Å². The SMILES string of the molecule is CNc1nc(C)c2cc(Br)sc2n1. The van der Waals surface area contributed by atoms with E-state index in [2.05, 4.69) is 37.3 Å². The van der Waals surface area contributed by atoms with Crippen LogP contribution in [0, 0.1) is 6.92 Å². The highest BCUT2D eigenvalue weighted by Gasteiger charge is 2.06. The monoisotopic (exact) mass is 257 g/mol. The molecule has 0 atom stereocenters. The van der Waals surface area contributed by atoms with Crippen LogP contribution in [0.5, 0.6) is 0 Å². The van der Waals surface area contributed by atoms with E-state index in [4.69, 9.17) is 0 Å². The number of hydrogen-bond donors (Lipinski definition) is 1. The zero-order chi connectivity index (χ0) is 9.42.